The second kappa shape index (κ2) is 6.97. The Balaban J connectivity index is 1.52. The number of fused-ring (bicyclic) bond motifs is 1. The highest BCUT2D eigenvalue weighted by molar-refractivity contribution is 5.08. The summed E-state index contributed by atoms with van der Waals surface area (Å²) in [6.07, 6.45) is 7.08. The first-order valence-electron chi connectivity index (χ1n) is 8.74. The first-order chi connectivity index (χ1) is 10.2. The van der Waals surface area contributed by atoms with Crippen molar-refractivity contribution in [3.63, 3.8) is 0 Å². The summed E-state index contributed by atoms with van der Waals surface area (Å²) < 4.78 is 6.01. The average molecular weight is 290 g/mol. The summed E-state index contributed by atoms with van der Waals surface area (Å²) in [4.78, 5) is 2.67. The average Bonchev–Trinajstić information content (AvgIpc) is 3.08. The highest BCUT2D eigenvalue weighted by atomic mass is 16.3. The van der Waals surface area contributed by atoms with E-state index in [4.69, 9.17) is 4.42 Å². The maximum absolute atomic E-state index is 6.01. The van der Waals surface area contributed by atoms with E-state index in [2.05, 4.69) is 36.2 Å². The van der Waals surface area contributed by atoms with E-state index in [9.17, 15) is 0 Å². The largest absolute Gasteiger partial charge is 0.463 e. The van der Waals surface area contributed by atoms with E-state index in [1.807, 2.05) is 0 Å². The predicted molar refractivity (Wildman–Crippen MR) is 86.0 cm³/mol. The fourth-order valence-corrected chi connectivity index (χ4v) is 4.04. The third-order valence-corrected chi connectivity index (χ3v) is 5.04. The maximum atomic E-state index is 6.01. The Hall–Kier alpha value is -0.800. The zero-order valence-electron chi connectivity index (χ0n) is 13.6. The molecule has 1 saturated carbocycles. The van der Waals surface area contributed by atoms with Crippen LogP contribution in [0.2, 0.25) is 0 Å². The van der Waals surface area contributed by atoms with Crippen molar-refractivity contribution in [2.45, 2.75) is 65.1 Å². The molecule has 3 heteroatoms. The molecule has 2 fully saturated rings. The Morgan fingerprint density at radius 3 is 2.86 bits per heavy atom. The fourth-order valence-electron chi connectivity index (χ4n) is 4.04. The summed E-state index contributed by atoms with van der Waals surface area (Å²) in [5, 5.41) is 3.45. The molecule has 1 aromatic heterocycles. The molecule has 0 spiro atoms. The molecule has 0 amide bonds. The molecule has 1 saturated heterocycles. The number of nitrogens with one attached hydrogen (secondary N) is 1. The molecule has 0 aromatic carbocycles. The van der Waals surface area contributed by atoms with E-state index in [1.54, 1.807) is 0 Å². The summed E-state index contributed by atoms with van der Waals surface area (Å²) in [6.45, 7) is 8.62. The van der Waals surface area contributed by atoms with Gasteiger partial charge in [0.15, 0.2) is 0 Å². The van der Waals surface area contributed by atoms with Crippen LogP contribution in [0.5, 0.6) is 0 Å². The monoisotopic (exact) mass is 290 g/mol. The van der Waals surface area contributed by atoms with Crippen LogP contribution >= 0.6 is 0 Å². The molecule has 118 valence electrons. The lowest BCUT2D eigenvalue weighted by Crippen LogP contribution is -2.41. The number of piperidine rings is 1. The van der Waals surface area contributed by atoms with Gasteiger partial charge in [-0.2, -0.15) is 0 Å². The number of nitrogens with zero attached hydrogens (tertiary/aromatic N) is 1. The minimum Gasteiger partial charge on any atom is -0.463 e. The normalized spacial score (nSPS) is 26.4. The minimum atomic E-state index is 0.687. The second-order valence-corrected chi connectivity index (χ2v) is 7.26. The molecule has 0 radical (unpaired) electrons. The van der Waals surface area contributed by atoms with Crippen molar-refractivity contribution in [1.29, 1.82) is 0 Å². The Morgan fingerprint density at radius 1 is 1.19 bits per heavy atom. The van der Waals surface area contributed by atoms with Crippen molar-refractivity contribution in [3.8, 4) is 0 Å². The lowest BCUT2D eigenvalue weighted by molar-refractivity contribution is 0.0974. The number of hydrogen-bond acceptors (Lipinski definition) is 3. The van der Waals surface area contributed by atoms with Crippen LogP contribution in [0, 0.1) is 11.8 Å². The van der Waals surface area contributed by atoms with E-state index in [1.165, 1.54) is 38.6 Å². The van der Waals surface area contributed by atoms with Gasteiger partial charge in [0.2, 0.25) is 0 Å². The molecule has 1 aliphatic heterocycles. The zero-order chi connectivity index (χ0) is 14.7. The minimum absolute atomic E-state index is 0.687. The first kappa shape index (κ1) is 15.1. The van der Waals surface area contributed by atoms with Gasteiger partial charge in [-0.15, -0.1) is 0 Å². The number of furan rings is 1. The Labute approximate surface area is 129 Å². The van der Waals surface area contributed by atoms with Crippen LogP contribution in [0.25, 0.3) is 0 Å². The Kier molecular flexibility index (Phi) is 5.02. The Morgan fingerprint density at radius 2 is 2.00 bits per heavy atom. The summed E-state index contributed by atoms with van der Waals surface area (Å²) in [5.74, 6) is 3.86. The van der Waals surface area contributed by atoms with E-state index < -0.39 is 0 Å². The van der Waals surface area contributed by atoms with Crippen LogP contribution in [0.3, 0.4) is 0 Å². The van der Waals surface area contributed by atoms with E-state index in [0.29, 0.717) is 5.92 Å². The van der Waals surface area contributed by atoms with Gasteiger partial charge in [0.05, 0.1) is 13.1 Å². The molecule has 1 aliphatic carbocycles. The number of hydrogen-bond donors (Lipinski definition) is 1. The summed E-state index contributed by atoms with van der Waals surface area (Å²) in [5.41, 5.74) is 0. The van der Waals surface area contributed by atoms with Crippen LogP contribution in [-0.2, 0) is 13.1 Å². The lowest BCUT2D eigenvalue weighted by Gasteiger charge is -2.37. The highest BCUT2D eigenvalue weighted by Crippen LogP contribution is 2.37. The topological polar surface area (TPSA) is 28.4 Å². The molecule has 1 N–H and O–H groups in total. The zero-order valence-corrected chi connectivity index (χ0v) is 13.6. The van der Waals surface area contributed by atoms with Gasteiger partial charge in [0.1, 0.15) is 11.5 Å². The molecule has 1 aromatic rings. The van der Waals surface area contributed by atoms with Crippen molar-refractivity contribution in [1.82, 2.24) is 10.2 Å². The van der Waals surface area contributed by atoms with Gasteiger partial charge < -0.3 is 9.73 Å². The fraction of sp³-hybridized carbons (Fsp3) is 0.778. The van der Waals surface area contributed by atoms with E-state index >= 15 is 0 Å². The summed E-state index contributed by atoms with van der Waals surface area (Å²) in [6, 6.07) is 5.13. The van der Waals surface area contributed by atoms with Crippen molar-refractivity contribution in [2.24, 2.45) is 11.8 Å². The van der Waals surface area contributed by atoms with Crippen molar-refractivity contribution in [2.75, 3.05) is 13.1 Å². The standard InChI is InChI=1S/C18H30N2O/c1-14(2)11-19-12-16-8-9-17(21-16)13-20-10-4-6-15-5-3-7-18(15)20/h8-9,14-15,18-19H,3-7,10-13H2,1-2H3. The van der Waals surface area contributed by atoms with Gasteiger partial charge in [-0.25, -0.2) is 0 Å². The van der Waals surface area contributed by atoms with Crippen molar-refractivity contribution >= 4 is 0 Å². The molecular formula is C18H30N2O. The Bertz CT molecular complexity index is 440. The third kappa shape index (κ3) is 3.89. The second-order valence-electron chi connectivity index (χ2n) is 7.26. The van der Waals surface area contributed by atoms with Gasteiger partial charge in [0.25, 0.3) is 0 Å². The lowest BCUT2D eigenvalue weighted by atomic mass is 9.92. The van der Waals surface area contributed by atoms with Crippen molar-refractivity contribution < 1.29 is 4.42 Å². The summed E-state index contributed by atoms with van der Waals surface area (Å²) in [7, 11) is 0. The van der Waals surface area contributed by atoms with Crippen LogP contribution in [-0.4, -0.2) is 24.0 Å². The van der Waals surface area contributed by atoms with Gasteiger partial charge in [-0.1, -0.05) is 20.3 Å². The van der Waals surface area contributed by atoms with E-state index in [0.717, 1.165) is 43.1 Å². The molecule has 3 nitrogen and oxygen atoms in total. The molecule has 2 unspecified atom stereocenters. The molecule has 21 heavy (non-hydrogen) atoms. The van der Waals surface area contributed by atoms with Gasteiger partial charge in [0, 0.05) is 6.04 Å². The van der Waals surface area contributed by atoms with Gasteiger partial charge in [-0.05, 0) is 62.7 Å². The van der Waals surface area contributed by atoms with Crippen LogP contribution in [0.1, 0.15) is 57.5 Å². The molecular weight excluding hydrogens is 260 g/mol. The maximum Gasteiger partial charge on any atom is 0.118 e. The predicted octanol–water partition coefficient (Wildman–Crippen LogP) is 3.79. The highest BCUT2D eigenvalue weighted by Gasteiger charge is 2.35. The van der Waals surface area contributed by atoms with Crippen LogP contribution in [0.4, 0.5) is 0 Å². The van der Waals surface area contributed by atoms with Gasteiger partial charge >= 0.3 is 0 Å². The summed E-state index contributed by atoms with van der Waals surface area (Å²) >= 11 is 0. The van der Waals surface area contributed by atoms with E-state index in [-0.39, 0.29) is 0 Å². The van der Waals surface area contributed by atoms with Crippen LogP contribution < -0.4 is 5.32 Å². The molecule has 0 bridgehead atoms. The van der Waals surface area contributed by atoms with Crippen molar-refractivity contribution in [3.05, 3.63) is 23.7 Å². The van der Waals surface area contributed by atoms with Crippen LogP contribution in [0.15, 0.2) is 16.5 Å². The smallest absolute Gasteiger partial charge is 0.118 e. The first-order valence-corrected chi connectivity index (χ1v) is 8.74. The number of rotatable bonds is 6. The quantitative estimate of drug-likeness (QED) is 0.864. The third-order valence-electron chi connectivity index (χ3n) is 5.04. The SMILES string of the molecule is CC(C)CNCc1ccc(CN2CCCC3CCCC32)o1. The number of likely N-dealkylation sites (tertiary alicyclic amines) is 1. The van der Waals surface area contributed by atoms with Gasteiger partial charge in [-0.3, -0.25) is 4.90 Å². The molecule has 2 heterocycles. The molecule has 3 rings (SSSR count). The molecule has 2 aliphatic rings. The molecule has 2 atom stereocenters.